The summed E-state index contributed by atoms with van der Waals surface area (Å²) in [4.78, 5) is 4.10. The van der Waals surface area contributed by atoms with Crippen molar-refractivity contribution in [1.29, 1.82) is 0 Å². The number of nitrogens with zero attached hydrogens (tertiary/aromatic N) is 2. The van der Waals surface area contributed by atoms with E-state index >= 15 is 0 Å². The van der Waals surface area contributed by atoms with Crippen molar-refractivity contribution in [2.24, 2.45) is 0 Å². The quantitative estimate of drug-likeness (QED) is 0.571. The second-order valence-corrected chi connectivity index (χ2v) is 3.83. The molecule has 1 aromatic rings. The fourth-order valence-corrected chi connectivity index (χ4v) is 1.36. The van der Waals surface area contributed by atoms with Gasteiger partial charge in [0, 0.05) is 12.4 Å². The van der Waals surface area contributed by atoms with Crippen LogP contribution in [-0.4, -0.2) is 33.0 Å². The van der Waals surface area contributed by atoms with Crippen LogP contribution in [0.25, 0.3) is 0 Å². The van der Waals surface area contributed by atoms with E-state index in [0.29, 0.717) is 6.54 Å². The Morgan fingerprint density at radius 3 is 3.15 bits per heavy atom. The maximum Gasteiger partial charge on any atom is 0.222 e. The molecule has 1 atom stereocenters. The Morgan fingerprint density at radius 1 is 1.69 bits per heavy atom. The van der Waals surface area contributed by atoms with E-state index in [1.54, 1.807) is 20.0 Å². The lowest BCUT2D eigenvalue weighted by Gasteiger charge is -2.34. The molecule has 1 aromatic heterocycles. The van der Waals surface area contributed by atoms with Crippen LogP contribution in [-0.2, 0) is 0 Å². The molecule has 0 saturated heterocycles. The molecule has 0 bridgehead atoms. The van der Waals surface area contributed by atoms with E-state index in [0.717, 1.165) is 5.95 Å². The van der Waals surface area contributed by atoms with E-state index in [1.807, 2.05) is 10.9 Å². The molecule has 0 aromatic carbocycles. The van der Waals surface area contributed by atoms with Crippen LogP contribution in [0, 0.1) is 0 Å². The van der Waals surface area contributed by atoms with Crippen LogP contribution in [0.4, 0.5) is 5.95 Å². The first-order valence-corrected chi connectivity index (χ1v) is 4.33. The molecule has 5 heteroatoms. The van der Waals surface area contributed by atoms with Gasteiger partial charge in [-0.25, -0.2) is 9.66 Å². The van der Waals surface area contributed by atoms with Crippen LogP contribution in [0.3, 0.4) is 0 Å². The van der Waals surface area contributed by atoms with Crippen LogP contribution in [0.5, 0.6) is 0 Å². The zero-order chi connectivity index (χ0) is 9.47. The second-order valence-electron chi connectivity index (χ2n) is 3.83. The molecule has 0 saturated carbocycles. The first-order chi connectivity index (χ1) is 6.07. The number of fused-ring (bicyclic) bond motifs is 1. The molecule has 1 unspecified atom stereocenters. The van der Waals surface area contributed by atoms with E-state index in [9.17, 15) is 5.11 Å². The van der Waals surface area contributed by atoms with Crippen LogP contribution in [0.2, 0.25) is 0 Å². The zero-order valence-electron chi connectivity index (χ0n) is 7.78. The summed E-state index contributed by atoms with van der Waals surface area (Å²) in [6, 6.07) is -0.0117. The molecule has 0 spiro atoms. The number of hydrogen-bond acceptors (Lipinski definition) is 4. The van der Waals surface area contributed by atoms with Crippen LogP contribution < -0.4 is 10.7 Å². The fourth-order valence-electron chi connectivity index (χ4n) is 1.36. The van der Waals surface area contributed by atoms with E-state index in [-0.39, 0.29) is 6.04 Å². The van der Waals surface area contributed by atoms with Gasteiger partial charge in [-0.05, 0) is 13.8 Å². The van der Waals surface area contributed by atoms with E-state index < -0.39 is 5.60 Å². The normalized spacial score (nSPS) is 21.6. The van der Waals surface area contributed by atoms with Crippen molar-refractivity contribution in [3.8, 4) is 0 Å². The molecule has 13 heavy (non-hydrogen) atoms. The van der Waals surface area contributed by atoms with Crippen LogP contribution in [0.1, 0.15) is 13.8 Å². The summed E-state index contributed by atoms with van der Waals surface area (Å²) in [6.45, 7) is 4.25. The predicted octanol–water partition coefficient (Wildman–Crippen LogP) is -0.00840. The number of anilines is 1. The van der Waals surface area contributed by atoms with Crippen molar-refractivity contribution in [3.05, 3.63) is 12.4 Å². The Hall–Kier alpha value is -1.23. The summed E-state index contributed by atoms with van der Waals surface area (Å²) in [6.07, 6.45) is 3.55. The van der Waals surface area contributed by atoms with Gasteiger partial charge in [0.2, 0.25) is 5.95 Å². The third-order valence-electron chi connectivity index (χ3n) is 2.26. The highest BCUT2D eigenvalue weighted by Crippen LogP contribution is 2.17. The first-order valence-electron chi connectivity index (χ1n) is 4.33. The summed E-state index contributed by atoms with van der Waals surface area (Å²) < 4.78 is 1.81. The number of imidazole rings is 1. The molecular formula is C8H14N4O. The van der Waals surface area contributed by atoms with E-state index in [1.165, 1.54) is 0 Å². The Kier molecular flexibility index (Phi) is 1.69. The Balaban J connectivity index is 2.18. The van der Waals surface area contributed by atoms with Crippen LogP contribution in [0.15, 0.2) is 12.4 Å². The Morgan fingerprint density at radius 2 is 2.46 bits per heavy atom. The monoisotopic (exact) mass is 182 g/mol. The van der Waals surface area contributed by atoms with Gasteiger partial charge in [0.25, 0.3) is 0 Å². The van der Waals surface area contributed by atoms with Gasteiger partial charge in [0.15, 0.2) is 0 Å². The smallest absolute Gasteiger partial charge is 0.222 e. The lowest BCUT2D eigenvalue weighted by Crippen LogP contribution is -2.51. The molecule has 1 aliphatic heterocycles. The van der Waals surface area contributed by atoms with Gasteiger partial charge in [0.1, 0.15) is 0 Å². The molecule has 0 radical (unpaired) electrons. The van der Waals surface area contributed by atoms with Crippen molar-refractivity contribution >= 4 is 5.95 Å². The summed E-state index contributed by atoms with van der Waals surface area (Å²) in [5.41, 5.74) is 2.39. The zero-order valence-corrected chi connectivity index (χ0v) is 7.78. The Labute approximate surface area is 76.8 Å². The second kappa shape index (κ2) is 2.63. The average molecular weight is 182 g/mol. The third-order valence-corrected chi connectivity index (χ3v) is 2.26. The summed E-state index contributed by atoms with van der Waals surface area (Å²) in [5, 5.41) is 12.9. The molecule has 0 fully saturated rings. The van der Waals surface area contributed by atoms with Gasteiger partial charge < -0.3 is 15.8 Å². The first kappa shape index (κ1) is 8.37. The third kappa shape index (κ3) is 1.47. The van der Waals surface area contributed by atoms with Gasteiger partial charge in [-0.1, -0.05) is 0 Å². The SMILES string of the molecule is CC(C)(O)C1CNn2ccnc2N1. The Bertz CT molecular complexity index is 301. The average Bonchev–Trinajstić information content (AvgIpc) is 2.47. The highest BCUT2D eigenvalue weighted by atomic mass is 16.3. The summed E-state index contributed by atoms with van der Waals surface area (Å²) in [5.74, 6) is 0.748. The summed E-state index contributed by atoms with van der Waals surface area (Å²) >= 11 is 0. The maximum atomic E-state index is 9.77. The highest BCUT2D eigenvalue weighted by Gasteiger charge is 2.30. The predicted molar refractivity (Wildman–Crippen MR) is 50.2 cm³/mol. The molecule has 3 N–H and O–H groups in total. The molecular weight excluding hydrogens is 168 g/mol. The van der Waals surface area contributed by atoms with E-state index in [4.69, 9.17) is 0 Å². The molecule has 1 aliphatic rings. The largest absolute Gasteiger partial charge is 0.388 e. The molecule has 2 rings (SSSR count). The number of aliphatic hydroxyl groups is 1. The number of hydrogen-bond donors (Lipinski definition) is 3. The van der Waals surface area contributed by atoms with Gasteiger partial charge in [-0.2, -0.15) is 0 Å². The number of nitrogens with one attached hydrogen (secondary N) is 2. The standard InChI is InChI=1S/C8H14N4O/c1-8(2,13)6-5-10-12-4-3-9-7(12)11-6/h3-4,6,10,13H,5H2,1-2H3,(H,9,11). The van der Waals surface area contributed by atoms with Crippen molar-refractivity contribution in [2.75, 3.05) is 17.3 Å². The fraction of sp³-hybridized carbons (Fsp3) is 0.625. The lowest BCUT2D eigenvalue weighted by atomic mass is 9.99. The molecule has 2 heterocycles. The van der Waals surface area contributed by atoms with Gasteiger partial charge in [-0.3, -0.25) is 0 Å². The number of rotatable bonds is 1. The lowest BCUT2D eigenvalue weighted by molar-refractivity contribution is 0.0605. The minimum atomic E-state index is -0.746. The van der Waals surface area contributed by atoms with Gasteiger partial charge >= 0.3 is 0 Å². The minimum Gasteiger partial charge on any atom is -0.388 e. The van der Waals surface area contributed by atoms with Gasteiger partial charge in [0.05, 0.1) is 18.2 Å². The highest BCUT2D eigenvalue weighted by molar-refractivity contribution is 5.33. The van der Waals surface area contributed by atoms with Crippen molar-refractivity contribution in [2.45, 2.75) is 25.5 Å². The number of aromatic nitrogens is 2. The van der Waals surface area contributed by atoms with Crippen molar-refractivity contribution in [1.82, 2.24) is 9.66 Å². The van der Waals surface area contributed by atoms with E-state index in [2.05, 4.69) is 15.7 Å². The van der Waals surface area contributed by atoms with Gasteiger partial charge in [-0.15, -0.1) is 0 Å². The summed E-state index contributed by atoms with van der Waals surface area (Å²) in [7, 11) is 0. The molecule has 0 amide bonds. The van der Waals surface area contributed by atoms with Crippen LogP contribution >= 0.6 is 0 Å². The molecule has 5 nitrogen and oxygen atoms in total. The van der Waals surface area contributed by atoms with Crippen molar-refractivity contribution < 1.29 is 5.11 Å². The van der Waals surface area contributed by atoms with Crippen molar-refractivity contribution in [3.63, 3.8) is 0 Å². The minimum absolute atomic E-state index is 0.0117. The molecule has 72 valence electrons. The topological polar surface area (TPSA) is 62.1 Å². The molecule has 0 aliphatic carbocycles. The maximum absolute atomic E-state index is 9.77.